The largest absolute Gasteiger partial charge is 0.472 e. The van der Waals surface area contributed by atoms with Gasteiger partial charge in [-0.2, -0.15) is 5.26 Å². The van der Waals surface area contributed by atoms with E-state index >= 15 is 0 Å². The van der Waals surface area contributed by atoms with E-state index in [1.807, 2.05) is 25.9 Å². The normalized spacial score (nSPS) is 18.7. The van der Waals surface area contributed by atoms with Gasteiger partial charge in [-0.25, -0.2) is 4.98 Å². The van der Waals surface area contributed by atoms with Crippen LogP contribution < -0.4 is 4.74 Å². The molecule has 0 aliphatic carbocycles. The molecule has 2 aromatic rings. The topological polar surface area (TPSA) is 110 Å². The van der Waals surface area contributed by atoms with Gasteiger partial charge in [0.05, 0.1) is 37.4 Å². The summed E-state index contributed by atoms with van der Waals surface area (Å²) in [5.41, 5.74) is 2.37. The van der Waals surface area contributed by atoms with Crippen LogP contribution in [0.5, 0.6) is 5.88 Å². The summed E-state index contributed by atoms with van der Waals surface area (Å²) in [7, 11) is 5.42. The molecule has 186 valence electrons. The number of carbonyl (C=O) groups excluding carboxylic acids is 2. The highest BCUT2D eigenvalue weighted by atomic mass is 16.5. The Bertz CT molecular complexity index is 1100. The van der Waals surface area contributed by atoms with Gasteiger partial charge in [0.25, 0.3) is 5.91 Å². The molecule has 3 atom stereocenters. The number of carbonyl (C=O) groups is 2. The second-order valence-electron chi connectivity index (χ2n) is 9.40. The fourth-order valence-electron chi connectivity index (χ4n) is 3.98. The lowest BCUT2D eigenvalue weighted by molar-refractivity contribution is -0.132. The van der Waals surface area contributed by atoms with Gasteiger partial charge in [-0.05, 0) is 44.8 Å². The predicted molar refractivity (Wildman–Crippen MR) is 132 cm³/mol. The quantitative estimate of drug-likeness (QED) is 0.645. The Morgan fingerprint density at radius 3 is 2.57 bits per heavy atom. The zero-order valence-corrected chi connectivity index (χ0v) is 20.9. The van der Waals surface area contributed by atoms with Gasteiger partial charge < -0.3 is 24.5 Å². The van der Waals surface area contributed by atoms with Crippen LogP contribution in [0.3, 0.4) is 0 Å². The van der Waals surface area contributed by atoms with Crippen LogP contribution >= 0.6 is 0 Å². The summed E-state index contributed by atoms with van der Waals surface area (Å²) in [6.07, 6.45) is 1.23. The SMILES string of the molecule is C[C@H]1CN([C@@H](C)CO)C(=O)c2cc(-c3ccc(C#N)cc3)cnc2O[C@H]1CN(C)C(=O)CN(C)C. The summed E-state index contributed by atoms with van der Waals surface area (Å²) in [6, 6.07) is 10.5. The summed E-state index contributed by atoms with van der Waals surface area (Å²) >= 11 is 0. The van der Waals surface area contributed by atoms with Crippen LogP contribution in [0.2, 0.25) is 0 Å². The Morgan fingerprint density at radius 2 is 1.97 bits per heavy atom. The van der Waals surface area contributed by atoms with Crippen LogP contribution in [0.4, 0.5) is 0 Å². The van der Waals surface area contributed by atoms with Crippen molar-refractivity contribution in [3.63, 3.8) is 0 Å². The molecule has 35 heavy (non-hydrogen) atoms. The van der Waals surface area contributed by atoms with E-state index in [9.17, 15) is 14.7 Å². The maximum Gasteiger partial charge on any atom is 0.259 e. The number of ether oxygens (including phenoxy) is 1. The molecule has 2 heterocycles. The Morgan fingerprint density at radius 1 is 1.29 bits per heavy atom. The van der Waals surface area contributed by atoms with Crippen molar-refractivity contribution in [3.8, 4) is 23.1 Å². The highest BCUT2D eigenvalue weighted by Gasteiger charge is 2.34. The van der Waals surface area contributed by atoms with Gasteiger partial charge >= 0.3 is 0 Å². The van der Waals surface area contributed by atoms with Gasteiger partial charge in [0, 0.05) is 31.3 Å². The second kappa shape index (κ2) is 11.3. The summed E-state index contributed by atoms with van der Waals surface area (Å²) in [5.74, 6) is -0.219. The average Bonchev–Trinajstić information content (AvgIpc) is 2.85. The van der Waals surface area contributed by atoms with Gasteiger partial charge in [-0.1, -0.05) is 19.1 Å². The zero-order valence-electron chi connectivity index (χ0n) is 20.9. The molecule has 0 unspecified atom stereocenters. The number of benzene rings is 1. The number of rotatable bonds is 7. The van der Waals surface area contributed by atoms with Crippen molar-refractivity contribution < 1.29 is 19.4 Å². The summed E-state index contributed by atoms with van der Waals surface area (Å²) in [6.45, 7) is 4.57. The lowest BCUT2D eigenvalue weighted by atomic mass is 9.99. The minimum absolute atomic E-state index is 0.0335. The van der Waals surface area contributed by atoms with Crippen LogP contribution in [0.15, 0.2) is 36.5 Å². The van der Waals surface area contributed by atoms with E-state index in [0.717, 1.165) is 5.56 Å². The Labute approximate surface area is 206 Å². The van der Waals surface area contributed by atoms with Crippen molar-refractivity contribution in [2.75, 3.05) is 47.4 Å². The maximum absolute atomic E-state index is 13.6. The van der Waals surface area contributed by atoms with Crippen molar-refractivity contribution >= 4 is 11.8 Å². The molecule has 0 fully saturated rings. The van der Waals surface area contributed by atoms with Gasteiger partial charge in [0.2, 0.25) is 11.8 Å². The third kappa shape index (κ3) is 6.15. The predicted octanol–water partition coefficient (Wildman–Crippen LogP) is 1.86. The van der Waals surface area contributed by atoms with Gasteiger partial charge in [0.1, 0.15) is 11.7 Å². The van der Waals surface area contributed by atoms with E-state index in [0.29, 0.717) is 29.8 Å². The third-order valence-corrected chi connectivity index (χ3v) is 6.20. The number of fused-ring (bicyclic) bond motifs is 1. The Hall–Kier alpha value is -3.48. The van der Waals surface area contributed by atoms with E-state index in [4.69, 9.17) is 10.00 Å². The van der Waals surface area contributed by atoms with E-state index in [1.54, 1.807) is 60.3 Å². The molecule has 9 heteroatoms. The molecule has 0 saturated carbocycles. The van der Waals surface area contributed by atoms with Crippen molar-refractivity contribution in [2.24, 2.45) is 5.92 Å². The van der Waals surface area contributed by atoms with Crippen molar-refractivity contribution in [1.82, 2.24) is 19.7 Å². The van der Waals surface area contributed by atoms with E-state index < -0.39 is 12.1 Å². The molecule has 0 spiro atoms. The van der Waals surface area contributed by atoms with Gasteiger partial charge in [-0.3, -0.25) is 9.59 Å². The minimum atomic E-state index is -0.403. The maximum atomic E-state index is 13.6. The smallest absolute Gasteiger partial charge is 0.259 e. The summed E-state index contributed by atoms with van der Waals surface area (Å²) in [5, 5.41) is 18.9. The molecule has 2 amide bonds. The van der Waals surface area contributed by atoms with Crippen molar-refractivity contribution in [3.05, 3.63) is 47.7 Å². The molecule has 0 saturated heterocycles. The molecule has 1 aliphatic heterocycles. The van der Waals surface area contributed by atoms with Crippen LogP contribution in [0.25, 0.3) is 11.1 Å². The van der Waals surface area contributed by atoms with Gasteiger partial charge in [0.15, 0.2) is 0 Å². The molecule has 1 aromatic carbocycles. The second-order valence-corrected chi connectivity index (χ2v) is 9.40. The Balaban J connectivity index is 1.99. The number of aromatic nitrogens is 1. The number of aliphatic hydroxyl groups is 1. The molecule has 3 rings (SSSR count). The number of pyridine rings is 1. The number of amides is 2. The lowest BCUT2D eigenvalue weighted by Crippen LogP contribution is -2.51. The molecule has 9 nitrogen and oxygen atoms in total. The fourth-order valence-corrected chi connectivity index (χ4v) is 3.98. The van der Waals surface area contributed by atoms with E-state index in [-0.39, 0.29) is 36.8 Å². The first kappa shape index (κ1) is 26.1. The van der Waals surface area contributed by atoms with Crippen LogP contribution in [-0.4, -0.2) is 96.1 Å². The van der Waals surface area contributed by atoms with Crippen molar-refractivity contribution in [2.45, 2.75) is 26.0 Å². The summed E-state index contributed by atoms with van der Waals surface area (Å²) < 4.78 is 6.26. The number of likely N-dealkylation sites (N-methyl/N-ethyl adjacent to an activating group) is 2. The highest BCUT2D eigenvalue weighted by Crippen LogP contribution is 2.30. The fraction of sp³-hybridized carbons (Fsp3) is 0.462. The highest BCUT2D eigenvalue weighted by molar-refractivity contribution is 5.98. The number of nitriles is 1. The third-order valence-electron chi connectivity index (χ3n) is 6.20. The molecule has 0 bridgehead atoms. The van der Waals surface area contributed by atoms with Crippen molar-refractivity contribution in [1.29, 1.82) is 5.26 Å². The molecule has 1 aliphatic rings. The number of hydrogen-bond acceptors (Lipinski definition) is 7. The Kier molecular flexibility index (Phi) is 8.43. The standard InChI is InChI=1S/C26H33N5O4/c1-17-13-31(18(2)16-32)26(34)22-10-21(20-8-6-19(11-27)7-9-20)12-28-25(22)35-23(17)14-30(5)24(33)15-29(3)4/h6-10,12,17-18,23,32H,13-16H2,1-5H3/t17-,18-,23-/m0/s1. The monoisotopic (exact) mass is 479 g/mol. The minimum Gasteiger partial charge on any atom is -0.472 e. The zero-order chi connectivity index (χ0) is 25.7. The molecule has 0 radical (unpaired) electrons. The number of hydrogen-bond donors (Lipinski definition) is 1. The average molecular weight is 480 g/mol. The molecular weight excluding hydrogens is 446 g/mol. The molecule has 1 N–H and O–H groups in total. The van der Waals surface area contributed by atoms with Crippen LogP contribution in [0.1, 0.15) is 29.8 Å². The lowest BCUT2D eigenvalue weighted by Gasteiger charge is -2.37. The first-order valence-corrected chi connectivity index (χ1v) is 11.6. The van der Waals surface area contributed by atoms with Gasteiger partial charge in [-0.15, -0.1) is 0 Å². The van der Waals surface area contributed by atoms with Crippen LogP contribution in [0, 0.1) is 17.2 Å². The number of aliphatic hydroxyl groups excluding tert-OH is 1. The first-order chi connectivity index (χ1) is 16.6. The molecular formula is C26H33N5O4. The number of nitrogens with zero attached hydrogens (tertiary/aromatic N) is 5. The summed E-state index contributed by atoms with van der Waals surface area (Å²) in [4.78, 5) is 35.7. The first-order valence-electron chi connectivity index (χ1n) is 11.6. The van der Waals surface area contributed by atoms with Crippen LogP contribution in [-0.2, 0) is 4.79 Å². The van der Waals surface area contributed by atoms with E-state index in [2.05, 4.69) is 11.1 Å². The molecule has 1 aromatic heterocycles. The van der Waals surface area contributed by atoms with E-state index in [1.165, 1.54) is 0 Å².